The zero-order chi connectivity index (χ0) is 13.7. The van der Waals surface area contributed by atoms with Gasteiger partial charge in [-0.15, -0.1) is 11.3 Å². The van der Waals surface area contributed by atoms with Crippen LogP contribution < -0.4 is 5.32 Å². The van der Waals surface area contributed by atoms with E-state index in [-0.39, 0.29) is 0 Å². The van der Waals surface area contributed by atoms with Gasteiger partial charge in [0.15, 0.2) is 0 Å². The van der Waals surface area contributed by atoms with E-state index in [9.17, 15) is 0 Å². The molecule has 1 unspecified atom stereocenters. The Morgan fingerprint density at radius 3 is 2.74 bits per heavy atom. The van der Waals surface area contributed by atoms with E-state index < -0.39 is 0 Å². The highest BCUT2D eigenvalue weighted by atomic mass is 79.9. The number of benzene rings is 1. The molecule has 0 amide bonds. The van der Waals surface area contributed by atoms with Gasteiger partial charge in [-0.05, 0) is 62.2 Å². The van der Waals surface area contributed by atoms with E-state index >= 15 is 0 Å². The fraction of sp³-hybridized carbons (Fsp3) is 0.333. The molecular weight excluding hydrogens is 342 g/mol. The van der Waals surface area contributed by atoms with Gasteiger partial charge in [-0.25, -0.2) is 0 Å². The second-order valence-electron chi connectivity index (χ2n) is 4.67. The second-order valence-corrected chi connectivity index (χ2v) is 7.38. The Morgan fingerprint density at radius 2 is 2.11 bits per heavy atom. The number of thiophene rings is 1. The van der Waals surface area contributed by atoms with Crippen LogP contribution in [0.1, 0.15) is 10.4 Å². The van der Waals surface area contributed by atoms with E-state index in [1.54, 1.807) is 11.3 Å². The lowest BCUT2D eigenvalue weighted by atomic mass is 9.95. The third-order valence-corrected chi connectivity index (χ3v) is 4.77. The molecular formula is C15H17BrClNS. The summed E-state index contributed by atoms with van der Waals surface area (Å²) in [4.78, 5) is 1.36. The van der Waals surface area contributed by atoms with E-state index in [0.717, 1.165) is 28.2 Å². The van der Waals surface area contributed by atoms with Gasteiger partial charge in [-0.1, -0.05) is 39.7 Å². The molecule has 1 N–H and O–H groups in total. The van der Waals surface area contributed by atoms with E-state index in [2.05, 4.69) is 51.6 Å². The molecule has 1 aromatic heterocycles. The van der Waals surface area contributed by atoms with Gasteiger partial charge in [0, 0.05) is 9.35 Å². The molecule has 102 valence electrons. The SMILES string of the molecule is CNCC(Cc1cccc(Br)c1)Cc1ccc(Cl)s1. The maximum absolute atomic E-state index is 6.00. The zero-order valence-electron chi connectivity index (χ0n) is 10.8. The summed E-state index contributed by atoms with van der Waals surface area (Å²) in [6.45, 7) is 1.02. The first-order valence-electron chi connectivity index (χ1n) is 6.30. The lowest BCUT2D eigenvalue weighted by molar-refractivity contribution is 0.496. The molecule has 0 aliphatic carbocycles. The van der Waals surface area contributed by atoms with Crippen molar-refractivity contribution in [2.45, 2.75) is 12.8 Å². The van der Waals surface area contributed by atoms with Gasteiger partial charge in [-0.2, -0.15) is 0 Å². The molecule has 2 rings (SSSR count). The molecule has 1 aromatic carbocycles. The van der Waals surface area contributed by atoms with Crippen LogP contribution in [-0.2, 0) is 12.8 Å². The molecule has 0 saturated carbocycles. The van der Waals surface area contributed by atoms with Crippen LogP contribution in [0.4, 0.5) is 0 Å². The van der Waals surface area contributed by atoms with Gasteiger partial charge in [0.1, 0.15) is 0 Å². The fourth-order valence-electron chi connectivity index (χ4n) is 2.25. The molecule has 1 nitrogen and oxygen atoms in total. The number of rotatable bonds is 6. The van der Waals surface area contributed by atoms with Crippen molar-refractivity contribution in [2.24, 2.45) is 5.92 Å². The van der Waals surface area contributed by atoms with Gasteiger partial charge >= 0.3 is 0 Å². The minimum Gasteiger partial charge on any atom is -0.319 e. The quantitative estimate of drug-likeness (QED) is 0.783. The molecule has 19 heavy (non-hydrogen) atoms. The first-order valence-corrected chi connectivity index (χ1v) is 8.29. The number of halogens is 2. The van der Waals surface area contributed by atoms with Gasteiger partial charge in [-0.3, -0.25) is 0 Å². The van der Waals surface area contributed by atoms with E-state index in [4.69, 9.17) is 11.6 Å². The zero-order valence-corrected chi connectivity index (χ0v) is 14.0. The predicted octanol–water partition coefficient (Wildman–Crippen LogP) is 4.78. The van der Waals surface area contributed by atoms with Crippen LogP contribution in [0.2, 0.25) is 4.34 Å². The minimum absolute atomic E-state index is 0.592. The van der Waals surface area contributed by atoms with Crippen molar-refractivity contribution < 1.29 is 0 Å². The molecule has 0 aliphatic rings. The van der Waals surface area contributed by atoms with Crippen molar-refractivity contribution in [1.29, 1.82) is 0 Å². The Kier molecular flexibility index (Phi) is 5.89. The first kappa shape index (κ1) is 15.0. The Bertz CT molecular complexity index is 526. The average molecular weight is 359 g/mol. The Labute approximate surface area is 132 Å². The third kappa shape index (κ3) is 4.92. The smallest absolute Gasteiger partial charge is 0.0931 e. The van der Waals surface area contributed by atoms with Crippen molar-refractivity contribution in [3.05, 3.63) is 55.6 Å². The molecule has 0 fully saturated rings. The summed E-state index contributed by atoms with van der Waals surface area (Å²) in [6.07, 6.45) is 2.15. The first-order chi connectivity index (χ1) is 9.17. The monoisotopic (exact) mass is 357 g/mol. The summed E-state index contributed by atoms with van der Waals surface area (Å²) >= 11 is 11.2. The minimum atomic E-state index is 0.592. The van der Waals surface area contributed by atoms with Crippen LogP contribution in [0.5, 0.6) is 0 Å². The summed E-state index contributed by atoms with van der Waals surface area (Å²) in [5.41, 5.74) is 1.37. The summed E-state index contributed by atoms with van der Waals surface area (Å²) < 4.78 is 2.02. The Hall–Kier alpha value is -0.350. The van der Waals surface area contributed by atoms with Crippen LogP contribution >= 0.6 is 38.9 Å². The van der Waals surface area contributed by atoms with Gasteiger partial charge in [0.05, 0.1) is 4.34 Å². The number of hydrogen-bond acceptors (Lipinski definition) is 2. The van der Waals surface area contributed by atoms with Gasteiger partial charge < -0.3 is 5.32 Å². The van der Waals surface area contributed by atoms with E-state index in [0.29, 0.717) is 5.92 Å². The summed E-state index contributed by atoms with van der Waals surface area (Å²) in [5.74, 6) is 0.592. The Balaban J connectivity index is 2.03. The highest BCUT2D eigenvalue weighted by molar-refractivity contribution is 9.10. The van der Waals surface area contributed by atoms with Crippen molar-refractivity contribution >= 4 is 38.9 Å². The van der Waals surface area contributed by atoms with Crippen LogP contribution in [-0.4, -0.2) is 13.6 Å². The van der Waals surface area contributed by atoms with Crippen LogP contribution in [0.3, 0.4) is 0 Å². The molecule has 0 radical (unpaired) electrons. The largest absolute Gasteiger partial charge is 0.319 e. The Morgan fingerprint density at radius 1 is 1.26 bits per heavy atom. The summed E-state index contributed by atoms with van der Waals surface area (Å²) in [7, 11) is 2.01. The lowest BCUT2D eigenvalue weighted by Gasteiger charge is -2.16. The van der Waals surface area contributed by atoms with Crippen LogP contribution in [0.15, 0.2) is 40.9 Å². The average Bonchev–Trinajstić information content (AvgIpc) is 2.75. The van der Waals surface area contributed by atoms with E-state index in [1.807, 2.05) is 13.1 Å². The van der Waals surface area contributed by atoms with Crippen molar-refractivity contribution in [1.82, 2.24) is 5.32 Å². The maximum atomic E-state index is 6.00. The molecule has 0 spiro atoms. The molecule has 1 atom stereocenters. The number of hydrogen-bond donors (Lipinski definition) is 1. The summed E-state index contributed by atoms with van der Waals surface area (Å²) in [6, 6.07) is 12.7. The molecule has 0 saturated heterocycles. The van der Waals surface area contributed by atoms with Crippen LogP contribution in [0, 0.1) is 5.92 Å². The van der Waals surface area contributed by atoms with Crippen molar-refractivity contribution in [2.75, 3.05) is 13.6 Å². The molecule has 0 aliphatic heterocycles. The van der Waals surface area contributed by atoms with Gasteiger partial charge in [0.2, 0.25) is 0 Å². The van der Waals surface area contributed by atoms with Crippen molar-refractivity contribution in [3.63, 3.8) is 0 Å². The highest BCUT2D eigenvalue weighted by Gasteiger charge is 2.11. The maximum Gasteiger partial charge on any atom is 0.0931 e. The topological polar surface area (TPSA) is 12.0 Å². The molecule has 0 bridgehead atoms. The van der Waals surface area contributed by atoms with Crippen LogP contribution in [0.25, 0.3) is 0 Å². The second kappa shape index (κ2) is 7.44. The third-order valence-electron chi connectivity index (χ3n) is 3.02. The van der Waals surface area contributed by atoms with Crippen molar-refractivity contribution in [3.8, 4) is 0 Å². The van der Waals surface area contributed by atoms with Gasteiger partial charge in [0.25, 0.3) is 0 Å². The highest BCUT2D eigenvalue weighted by Crippen LogP contribution is 2.25. The standard InChI is InChI=1S/C15H17BrClNS/c1-18-10-12(9-14-5-6-15(17)19-14)7-11-3-2-4-13(16)8-11/h2-6,8,12,18H,7,9-10H2,1H3. The molecule has 2 aromatic rings. The molecule has 1 heterocycles. The lowest BCUT2D eigenvalue weighted by Crippen LogP contribution is -2.22. The number of nitrogens with one attached hydrogen (secondary N) is 1. The molecule has 4 heteroatoms. The van der Waals surface area contributed by atoms with E-state index in [1.165, 1.54) is 10.4 Å². The summed E-state index contributed by atoms with van der Waals surface area (Å²) in [5, 5.41) is 3.29. The normalized spacial score (nSPS) is 12.6. The fourth-order valence-corrected chi connectivity index (χ4v) is 3.90. The predicted molar refractivity (Wildman–Crippen MR) is 88.3 cm³/mol.